The molecule has 1 aromatic carbocycles. The highest BCUT2D eigenvalue weighted by Gasteiger charge is 2.15. The van der Waals surface area contributed by atoms with Crippen molar-refractivity contribution in [2.45, 2.75) is 26.4 Å². The zero-order valence-corrected chi connectivity index (χ0v) is 12.8. The molecule has 0 aromatic heterocycles. The number of aromatic hydroxyl groups is 1. The van der Waals surface area contributed by atoms with Crippen LogP contribution in [-0.2, 0) is 4.74 Å². The van der Waals surface area contributed by atoms with Gasteiger partial charge in [0.15, 0.2) is 11.5 Å². The molecule has 2 N–H and O–H groups in total. The SMILES string of the molecule is COc1cc(C=NNC(=O)OC(C)(C)C)cc(OC)c1O. The second kappa shape index (κ2) is 6.83. The number of hydrazone groups is 1. The molecule has 0 unspecified atom stereocenters. The molecule has 0 saturated heterocycles. The lowest BCUT2D eigenvalue weighted by Crippen LogP contribution is -2.29. The van der Waals surface area contributed by atoms with Crippen LogP contribution in [0.2, 0.25) is 0 Å². The second-order valence-corrected chi connectivity index (χ2v) is 5.15. The van der Waals surface area contributed by atoms with Crippen LogP contribution in [-0.4, -0.2) is 37.2 Å². The maximum atomic E-state index is 11.4. The zero-order valence-electron chi connectivity index (χ0n) is 12.8. The number of phenols is 1. The van der Waals surface area contributed by atoms with Crippen molar-refractivity contribution in [3.63, 3.8) is 0 Å². The Morgan fingerprint density at radius 1 is 1.24 bits per heavy atom. The fraction of sp³-hybridized carbons (Fsp3) is 0.429. The summed E-state index contributed by atoms with van der Waals surface area (Å²) in [5, 5.41) is 13.5. The van der Waals surface area contributed by atoms with Gasteiger partial charge in [0.2, 0.25) is 5.75 Å². The van der Waals surface area contributed by atoms with Crippen molar-refractivity contribution in [3.8, 4) is 17.2 Å². The molecule has 0 heterocycles. The van der Waals surface area contributed by atoms with Crippen molar-refractivity contribution in [2.24, 2.45) is 5.10 Å². The van der Waals surface area contributed by atoms with Gasteiger partial charge in [0.25, 0.3) is 0 Å². The lowest BCUT2D eigenvalue weighted by atomic mass is 10.2. The highest BCUT2D eigenvalue weighted by atomic mass is 16.6. The molecule has 1 rings (SSSR count). The number of hydrogen-bond donors (Lipinski definition) is 2. The molecule has 0 saturated carbocycles. The number of carbonyl (C=O) groups excluding carboxylic acids is 1. The molecule has 116 valence electrons. The molecule has 7 nitrogen and oxygen atoms in total. The Balaban J connectivity index is 2.79. The van der Waals surface area contributed by atoms with E-state index in [1.807, 2.05) is 0 Å². The van der Waals surface area contributed by atoms with E-state index in [9.17, 15) is 9.90 Å². The molecule has 0 fully saturated rings. The van der Waals surface area contributed by atoms with Crippen LogP contribution >= 0.6 is 0 Å². The number of hydrogen-bond acceptors (Lipinski definition) is 6. The van der Waals surface area contributed by atoms with Crippen LogP contribution < -0.4 is 14.9 Å². The fourth-order valence-electron chi connectivity index (χ4n) is 1.45. The van der Waals surface area contributed by atoms with Crippen molar-refractivity contribution in [2.75, 3.05) is 14.2 Å². The molecule has 7 heteroatoms. The first-order valence-corrected chi connectivity index (χ1v) is 6.24. The number of rotatable bonds is 4. The number of phenolic OH excluding ortho intramolecular Hbond substituents is 1. The predicted octanol–water partition coefficient (Wildman–Crippen LogP) is 2.27. The molecule has 0 aliphatic rings. The van der Waals surface area contributed by atoms with Gasteiger partial charge in [-0.2, -0.15) is 5.10 Å². The maximum absolute atomic E-state index is 11.4. The average molecular weight is 296 g/mol. The second-order valence-electron chi connectivity index (χ2n) is 5.15. The van der Waals surface area contributed by atoms with Crippen LogP contribution in [0, 0.1) is 0 Å². The number of benzene rings is 1. The molecule has 0 aliphatic carbocycles. The van der Waals surface area contributed by atoms with Gasteiger partial charge in [0.05, 0.1) is 20.4 Å². The largest absolute Gasteiger partial charge is 0.502 e. The Bertz CT molecular complexity index is 510. The predicted molar refractivity (Wildman–Crippen MR) is 78.2 cm³/mol. The number of amides is 1. The van der Waals surface area contributed by atoms with Gasteiger partial charge in [-0.1, -0.05) is 0 Å². The molecule has 0 bridgehead atoms. The molecule has 21 heavy (non-hydrogen) atoms. The quantitative estimate of drug-likeness (QED) is 0.657. The Hall–Kier alpha value is -2.44. The van der Waals surface area contributed by atoms with Crippen LogP contribution in [0.15, 0.2) is 17.2 Å². The topological polar surface area (TPSA) is 89.4 Å². The van der Waals surface area contributed by atoms with Gasteiger partial charge >= 0.3 is 6.09 Å². The third-order valence-corrected chi connectivity index (χ3v) is 2.27. The molecule has 1 aromatic rings. The third kappa shape index (κ3) is 5.21. The summed E-state index contributed by atoms with van der Waals surface area (Å²) in [6.45, 7) is 5.27. The van der Waals surface area contributed by atoms with Crippen LogP contribution in [0.4, 0.5) is 4.79 Å². The van der Waals surface area contributed by atoms with Crippen LogP contribution in [0.5, 0.6) is 17.2 Å². The van der Waals surface area contributed by atoms with E-state index in [4.69, 9.17) is 14.2 Å². The first kappa shape index (κ1) is 16.6. The van der Waals surface area contributed by atoms with Crippen LogP contribution in [0.25, 0.3) is 0 Å². The van der Waals surface area contributed by atoms with E-state index in [0.717, 1.165) is 0 Å². The van der Waals surface area contributed by atoms with Crippen molar-refractivity contribution in [1.82, 2.24) is 5.43 Å². The van der Waals surface area contributed by atoms with Gasteiger partial charge in [-0.15, -0.1) is 0 Å². The van der Waals surface area contributed by atoms with Gasteiger partial charge in [0, 0.05) is 5.56 Å². The molecule has 0 radical (unpaired) electrons. The summed E-state index contributed by atoms with van der Waals surface area (Å²) in [5.74, 6) is 0.387. The van der Waals surface area contributed by atoms with E-state index in [-0.39, 0.29) is 17.2 Å². The Morgan fingerprint density at radius 3 is 2.19 bits per heavy atom. The third-order valence-electron chi connectivity index (χ3n) is 2.27. The standard InChI is InChI=1S/C14H20N2O5/c1-14(2,3)21-13(18)16-15-8-9-6-10(19-4)12(17)11(7-9)20-5/h6-8,17H,1-5H3,(H,16,18). The van der Waals surface area contributed by atoms with Gasteiger partial charge in [-0.25, -0.2) is 10.2 Å². The summed E-state index contributed by atoms with van der Waals surface area (Å²) in [6.07, 6.45) is 0.727. The van der Waals surface area contributed by atoms with Crippen molar-refractivity contribution >= 4 is 12.3 Å². The fourth-order valence-corrected chi connectivity index (χ4v) is 1.45. The summed E-state index contributed by atoms with van der Waals surface area (Å²) < 4.78 is 15.1. The molecule has 0 spiro atoms. The van der Waals surface area contributed by atoms with Crippen molar-refractivity contribution in [3.05, 3.63) is 17.7 Å². The first-order chi connectivity index (χ1) is 9.76. The summed E-state index contributed by atoms with van der Waals surface area (Å²) in [6, 6.07) is 3.11. The average Bonchev–Trinajstić information content (AvgIpc) is 2.38. The van der Waals surface area contributed by atoms with Crippen LogP contribution in [0.3, 0.4) is 0 Å². The minimum Gasteiger partial charge on any atom is -0.502 e. The normalized spacial score (nSPS) is 11.3. The Labute approximate surface area is 123 Å². The number of nitrogens with one attached hydrogen (secondary N) is 1. The highest BCUT2D eigenvalue weighted by molar-refractivity contribution is 5.83. The van der Waals surface area contributed by atoms with E-state index in [0.29, 0.717) is 5.56 Å². The zero-order chi connectivity index (χ0) is 16.0. The summed E-state index contributed by atoms with van der Waals surface area (Å²) in [5.41, 5.74) is 2.23. The Morgan fingerprint density at radius 2 is 1.76 bits per heavy atom. The molecular weight excluding hydrogens is 276 g/mol. The van der Waals surface area contributed by atoms with Gasteiger partial charge in [0.1, 0.15) is 5.60 Å². The maximum Gasteiger partial charge on any atom is 0.428 e. The minimum absolute atomic E-state index is 0.0998. The van der Waals surface area contributed by atoms with E-state index >= 15 is 0 Å². The van der Waals surface area contributed by atoms with E-state index in [1.165, 1.54) is 20.4 Å². The highest BCUT2D eigenvalue weighted by Crippen LogP contribution is 2.36. The number of nitrogens with zero attached hydrogens (tertiary/aromatic N) is 1. The lowest BCUT2D eigenvalue weighted by molar-refractivity contribution is 0.0529. The summed E-state index contributed by atoms with van der Waals surface area (Å²) >= 11 is 0. The van der Waals surface area contributed by atoms with Crippen molar-refractivity contribution < 1.29 is 24.1 Å². The minimum atomic E-state index is -0.656. The van der Waals surface area contributed by atoms with E-state index in [2.05, 4.69) is 10.5 Å². The molecule has 0 atom stereocenters. The lowest BCUT2D eigenvalue weighted by Gasteiger charge is -2.18. The molecule has 1 amide bonds. The van der Waals surface area contributed by atoms with Gasteiger partial charge in [-0.3, -0.25) is 0 Å². The van der Waals surface area contributed by atoms with Crippen LogP contribution in [0.1, 0.15) is 26.3 Å². The van der Waals surface area contributed by atoms with E-state index in [1.54, 1.807) is 32.9 Å². The number of ether oxygens (including phenoxy) is 3. The van der Waals surface area contributed by atoms with Crippen molar-refractivity contribution in [1.29, 1.82) is 0 Å². The number of methoxy groups -OCH3 is 2. The summed E-state index contributed by atoms with van der Waals surface area (Å²) in [4.78, 5) is 11.4. The Kier molecular flexibility index (Phi) is 5.40. The first-order valence-electron chi connectivity index (χ1n) is 6.24. The molecule has 0 aliphatic heterocycles. The van der Waals surface area contributed by atoms with E-state index < -0.39 is 11.7 Å². The summed E-state index contributed by atoms with van der Waals surface area (Å²) in [7, 11) is 2.85. The van der Waals surface area contributed by atoms with Gasteiger partial charge in [-0.05, 0) is 32.9 Å². The molecular formula is C14H20N2O5. The number of carbonyl (C=O) groups is 1. The monoisotopic (exact) mass is 296 g/mol. The van der Waals surface area contributed by atoms with Gasteiger partial charge < -0.3 is 19.3 Å². The smallest absolute Gasteiger partial charge is 0.428 e.